The van der Waals surface area contributed by atoms with Crippen molar-refractivity contribution in [2.45, 2.75) is 18.2 Å². The molecule has 0 fully saturated rings. The summed E-state index contributed by atoms with van der Waals surface area (Å²) in [6, 6.07) is -2.55. The third-order valence-corrected chi connectivity index (χ3v) is 7.82. The summed E-state index contributed by atoms with van der Waals surface area (Å²) >= 11 is 17.5. The number of hydrogen-bond donors (Lipinski definition) is 0. The summed E-state index contributed by atoms with van der Waals surface area (Å²) in [6.07, 6.45) is 1.32. The molecule has 0 rings (SSSR count). The van der Waals surface area contributed by atoms with Crippen LogP contribution in [0.2, 0.25) is 6.04 Å². The Morgan fingerprint density at radius 2 is 1.68 bits per heavy atom. The van der Waals surface area contributed by atoms with E-state index < -0.39 is 26.5 Å². The summed E-state index contributed by atoms with van der Waals surface area (Å²) in [7, 11) is 1.08. The van der Waals surface area contributed by atoms with Crippen LogP contribution in [0.15, 0.2) is 12.7 Å². The SMILES string of the molecule is C=CC(=O)OC(CC[Si](Cl)(Cl)Cl)[Si](OC)(OC)OC. The average molecular weight is 368 g/mol. The first-order valence-corrected chi connectivity index (χ1v) is 12.3. The summed E-state index contributed by atoms with van der Waals surface area (Å²) in [5.41, 5.74) is -0.749. The Bertz CT molecular complexity index is 298. The Morgan fingerprint density at radius 3 is 2.00 bits per heavy atom. The maximum absolute atomic E-state index is 11.4. The van der Waals surface area contributed by atoms with Crippen LogP contribution >= 0.6 is 33.2 Å². The summed E-state index contributed by atoms with van der Waals surface area (Å²) in [6.45, 7) is 3.33. The molecule has 0 saturated carbocycles. The maximum atomic E-state index is 11.4. The van der Waals surface area contributed by atoms with Crippen LogP contribution in [0.3, 0.4) is 0 Å². The van der Waals surface area contributed by atoms with E-state index in [4.69, 9.17) is 51.3 Å². The molecule has 10 heteroatoms. The third-order valence-electron chi connectivity index (χ3n) is 2.36. The van der Waals surface area contributed by atoms with Crippen molar-refractivity contribution in [3.63, 3.8) is 0 Å². The first-order chi connectivity index (χ1) is 8.74. The topological polar surface area (TPSA) is 54.0 Å². The molecule has 0 amide bonds. The predicted octanol–water partition coefficient (Wildman–Crippen LogP) is 2.55. The van der Waals surface area contributed by atoms with Crippen molar-refractivity contribution in [1.29, 1.82) is 0 Å². The first kappa shape index (κ1) is 19.4. The van der Waals surface area contributed by atoms with E-state index in [0.29, 0.717) is 0 Å². The molecule has 0 aliphatic heterocycles. The van der Waals surface area contributed by atoms with Crippen molar-refractivity contribution in [3.8, 4) is 0 Å². The Labute approximate surface area is 129 Å². The van der Waals surface area contributed by atoms with Crippen molar-refractivity contribution in [3.05, 3.63) is 12.7 Å². The summed E-state index contributed by atoms with van der Waals surface area (Å²) in [4.78, 5) is 11.4. The lowest BCUT2D eigenvalue weighted by molar-refractivity contribution is -0.142. The Morgan fingerprint density at radius 1 is 1.21 bits per heavy atom. The van der Waals surface area contributed by atoms with Crippen molar-refractivity contribution >= 4 is 54.0 Å². The second kappa shape index (κ2) is 8.63. The fraction of sp³-hybridized carbons (Fsp3) is 0.667. The fourth-order valence-corrected chi connectivity index (χ4v) is 5.34. The zero-order chi connectivity index (χ0) is 15.1. The molecule has 1 unspecified atom stereocenters. The Kier molecular flexibility index (Phi) is 8.81. The van der Waals surface area contributed by atoms with Crippen molar-refractivity contribution < 1.29 is 22.8 Å². The highest BCUT2D eigenvalue weighted by molar-refractivity contribution is 7.64. The average Bonchev–Trinajstić information content (AvgIpc) is 2.36. The van der Waals surface area contributed by atoms with E-state index in [0.717, 1.165) is 6.08 Å². The standard InChI is InChI=1S/C9H17Cl3O5Si2/c1-5-8(13)17-9(6-7-18(10,11)12)19(14-2,15-3)16-4/h5,9H,1,6-7H2,2-4H3. The molecule has 0 spiro atoms. The van der Waals surface area contributed by atoms with Gasteiger partial charge in [-0.1, -0.05) is 6.58 Å². The van der Waals surface area contributed by atoms with Crippen LogP contribution in [0.5, 0.6) is 0 Å². The van der Waals surface area contributed by atoms with Gasteiger partial charge in [0, 0.05) is 27.4 Å². The molecule has 0 heterocycles. The van der Waals surface area contributed by atoms with Crippen LogP contribution in [-0.4, -0.2) is 47.8 Å². The summed E-state index contributed by atoms with van der Waals surface area (Å²) in [5.74, 6) is -0.612. The molecule has 0 saturated heterocycles. The fourth-order valence-electron chi connectivity index (χ4n) is 1.44. The number of esters is 1. The number of hydrogen-bond acceptors (Lipinski definition) is 5. The van der Waals surface area contributed by atoms with Gasteiger partial charge in [0.1, 0.15) is 0 Å². The Hall–Kier alpha value is 0.394. The van der Waals surface area contributed by atoms with Crippen LogP contribution in [0.4, 0.5) is 0 Å². The van der Waals surface area contributed by atoms with Crippen LogP contribution in [0.25, 0.3) is 0 Å². The normalized spacial score (nSPS) is 14.0. The first-order valence-electron chi connectivity index (χ1n) is 5.30. The highest BCUT2D eigenvalue weighted by Gasteiger charge is 2.51. The largest absolute Gasteiger partial charge is 0.543 e. The van der Waals surface area contributed by atoms with E-state index in [1.54, 1.807) is 0 Å². The molecule has 19 heavy (non-hydrogen) atoms. The molecule has 0 aliphatic rings. The molecule has 5 nitrogen and oxygen atoms in total. The second-order valence-corrected chi connectivity index (χ2v) is 15.9. The number of carbonyl (C=O) groups excluding carboxylic acids is 1. The number of ether oxygens (including phenoxy) is 1. The molecule has 0 N–H and O–H groups in total. The monoisotopic (exact) mass is 366 g/mol. The summed E-state index contributed by atoms with van der Waals surface area (Å²) in [5, 5.41) is 0. The molecule has 1 atom stereocenters. The molecule has 0 aromatic rings. The molecular formula is C9H17Cl3O5Si2. The van der Waals surface area contributed by atoms with Gasteiger partial charge in [-0.2, -0.15) is 0 Å². The van der Waals surface area contributed by atoms with E-state index in [1.165, 1.54) is 21.3 Å². The molecule has 0 aliphatic carbocycles. The van der Waals surface area contributed by atoms with Gasteiger partial charge in [-0.25, -0.2) is 4.79 Å². The minimum atomic E-state index is -3.17. The van der Waals surface area contributed by atoms with Gasteiger partial charge in [0.05, 0.1) is 0 Å². The predicted molar refractivity (Wildman–Crippen MR) is 79.6 cm³/mol. The van der Waals surface area contributed by atoms with Gasteiger partial charge in [-0.15, -0.1) is 33.2 Å². The lowest BCUT2D eigenvalue weighted by atomic mass is 10.5. The number of carbonyl (C=O) groups is 1. The lowest BCUT2D eigenvalue weighted by Crippen LogP contribution is -2.56. The van der Waals surface area contributed by atoms with Gasteiger partial charge < -0.3 is 18.0 Å². The Balaban J connectivity index is 5.02. The summed E-state index contributed by atoms with van der Waals surface area (Å²) < 4.78 is 21.0. The van der Waals surface area contributed by atoms with Crippen molar-refractivity contribution in [2.75, 3.05) is 21.3 Å². The molecule has 0 aromatic heterocycles. The van der Waals surface area contributed by atoms with Gasteiger partial charge in [0.15, 0.2) is 5.73 Å². The lowest BCUT2D eigenvalue weighted by Gasteiger charge is -2.32. The third kappa shape index (κ3) is 6.59. The van der Waals surface area contributed by atoms with E-state index in [1.807, 2.05) is 0 Å². The van der Waals surface area contributed by atoms with E-state index in [-0.39, 0.29) is 12.5 Å². The van der Waals surface area contributed by atoms with Crippen molar-refractivity contribution in [1.82, 2.24) is 0 Å². The van der Waals surface area contributed by atoms with E-state index in [9.17, 15) is 4.79 Å². The van der Waals surface area contributed by atoms with Crippen LogP contribution in [0, 0.1) is 0 Å². The molecule has 0 bridgehead atoms. The molecule has 112 valence electrons. The molecule has 0 aromatic carbocycles. The zero-order valence-electron chi connectivity index (χ0n) is 11.0. The van der Waals surface area contributed by atoms with Gasteiger partial charge in [0.2, 0.25) is 0 Å². The van der Waals surface area contributed by atoms with Gasteiger partial charge in [-0.3, -0.25) is 0 Å². The smallest absolute Gasteiger partial charge is 0.455 e. The van der Waals surface area contributed by atoms with Gasteiger partial charge in [-0.05, 0) is 12.5 Å². The quantitative estimate of drug-likeness (QED) is 0.271. The van der Waals surface area contributed by atoms with Crippen LogP contribution in [0.1, 0.15) is 6.42 Å². The van der Waals surface area contributed by atoms with Crippen molar-refractivity contribution in [2.24, 2.45) is 0 Å². The molecular weight excluding hydrogens is 351 g/mol. The minimum Gasteiger partial charge on any atom is -0.455 e. The number of rotatable bonds is 9. The highest BCUT2D eigenvalue weighted by Crippen LogP contribution is 2.30. The van der Waals surface area contributed by atoms with Gasteiger partial charge in [0.25, 0.3) is 0 Å². The number of halogens is 3. The maximum Gasteiger partial charge on any atom is 0.543 e. The molecule has 0 radical (unpaired) electrons. The van der Waals surface area contributed by atoms with Crippen LogP contribution < -0.4 is 0 Å². The van der Waals surface area contributed by atoms with E-state index in [2.05, 4.69) is 6.58 Å². The van der Waals surface area contributed by atoms with Gasteiger partial charge >= 0.3 is 20.8 Å². The van der Waals surface area contributed by atoms with E-state index >= 15 is 0 Å². The second-order valence-electron chi connectivity index (χ2n) is 3.50. The highest BCUT2D eigenvalue weighted by atomic mass is 35.8. The zero-order valence-corrected chi connectivity index (χ0v) is 15.2. The minimum absolute atomic E-state index is 0.282. The van der Waals surface area contributed by atoms with Crippen LogP contribution in [-0.2, 0) is 22.8 Å².